The van der Waals surface area contributed by atoms with Gasteiger partial charge in [0.15, 0.2) is 11.5 Å². The Hall–Kier alpha value is -3.75. The lowest BCUT2D eigenvalue weighted by molar-refractivity contribution is -0.132. The lowest BCUT2D eigenvalue weighted by Crippen LogP contribution is -2.10. The summed E-state index contributed by atoms with van der Waals surface area (Å²) in [5.41, 5.74) is 1.96. The van der Waals surface area contributed by atoms with E-state index in [2.05, 4.69) is 20.3 Å². The summed E-state index contributed by atoms with van der Waals surface area (Å²) in [7, 11) is 1.49. The van der Waals surface area contributed by atoms with Crippen molar-refractivity contribution < 1.29 is 19.1 Å². The van der Waals surface area contributed by atoms with Crippen molar-refractivity contribution in [2.45, 2.75) is 13.8 Å². The van der Waals surface area contributed by atoms with Crippen molar-refractivity contribution in [2.75, 3.05) is 7.11 Å². The van der Waals surface area contributed by atoms with Crippen LogP contribution in [0.1, 0.15) is 12.7 Å². The maximum atomic E-state index is 11.4. The van der Waals surface area contributed by atoms with Crippen LogP contribution in [0.3, 0.4) is 0 Å². The third-order valence-corrected chi connectivity index (χ3v) is 3.81. The number of fused-ring (bicyclic) bond motifs is 2. The number of hydrogen-bond acceptors (Lipinski definition) is 8. The van der Waals surface area contributed by atoms with Crippen LogP contribution in [0, 0.1) is 6.92 Å². The van der Waals surface area contributed by atoms with Crippen molar-refractivity contribution in [3.05, 3.63) is 42.2 Å². The molecule has 0 aliphatic heterocycles. The Labute approximate surface area is 153 Å². The standard InChI is InChI=1S/C18H15N5O4/c1-10-19-14-9-16(25-3)17(26-11(2)24)8-12(14)18(20-10)27-23-15-7-5-4-6-13(15)21-22-23/h4-9H,1-3H3. The Morgan fingerprint density at radius 2 is 1.89 bits per heavy atom. The van der Waals surface area contributed by atoms with Gasteiger partial charge in [0.25, 0.3) is 5.88 Å². The van der Waals surface area contributed by atoms with Crippen molar-refractivity contribution >= 4 is 27.9 Å². The zero-order valence-corrected chi connectivity index (χ0v) is 14.8. The summed E-state index contributed by atoms with van der Waals surface area (Å²) >= 11 is 0. The fourth-order valence-corrected chi connectivity index (χ4v) is 2.68. The third kappa shape index (κ3) is 3.10. The molecule has 2 heterocycles. The maximum Gasteiger partial charge on any atom is 0.308 e. The Morgan fingerprint density at radius 3 is 2.67 bits per heavy atom. The molecule has 0 spiro atoms. The zero-order valence-electron chi connectivity index (χ0n) is 14.8. The molecule has 0 unspecified atom stereocenters. The highest BCUT2D eigenvalue weighted by Gasteiger charge is 2.16. The maximum absolute atomic E-state index is 11.4. The fourth-order valence-electron chi connectivity index (χ4n) is 2.68. The van der Waals surface area contributed by atoms with E-state index in [1.54, 1.807) is 19.1 Å². The molecule has 0 saturated carbocycles. The van der Waals surface area contributed by atoms with E-state index >= 15 is 0 Å². The molecule has 0 atom stereocenters. The topological polar surface area (TPSA) is 101 Å². The molecule has 27 heavy (non-hydrogen) atoms. The van der Waals surface area contributed by atoms with E-state index in [0.717, 1.165) is 0 Å². The summed E-state index contributed by atoms with van der Waals surface area (Å²) < 4.78 is 10.5. The lowest BCUT2D eigenvalue weighted by atomic mass is 10.2. The second kappa shape index (κ2) is 6.52. The number of benzene rings is 2. The second-order valence-corrected chi connectivity index (χ2v) is 5.73. The van der Waals surface area contributed by atoms with Gasteiger partial charge in [-0.15, -0.1) is 5.10 Å². The van der Waals surface area contributed by atoms with Crippen molar-refractivity contribution in [3.8, 4) is 17.4 Å². The zero-order chi connectivity index (χ0) is 19.0. The molecule has 4 aromatic rings. The minimum absolute atomic E-state index is 0.248. The van der Waals surface area contributed by atoms with Gasteiger partial charge in [-0.1, -0.05) is 17.0 Å². The number of carbonyl (C=O) groups is 1. The first-order chi connectivity index (χ1) is 13.0. The molecule has 2 aromatic heterocycles. The molecule has 0 fully saturated rings. The average molecular weight is 365 g/mol. The average Bonchev–Trinajstić information content (AvgIpc) is 3.04. The molecule has 9 nitrogen and oxygen atoms in total. The van der Waals surface area contributed by atoms with Gasteiger partial charge in [-0.3, -0.25) is 4.79 Å². The highest BCUT2D eigenvalue weighted by Crippen LogP contribution is 2.35. The largest absolute Gasteiger partial charge is 0.493 e. The van der Waals surface area contributed by atoms with Gasteiger partial charge in [-0.25, -0.2) is 4.98 Å². The summed E-state index contributed by atoms with van der Waals surface area (Å²) in [4.78, 5) is 27.3. The van der Waals surface area contributed by atoms with Crippen LogP contribution in [0.2, 0.25) is 0 Å². The smallest absolute Gasteiger partial charge is 0.308 e. The molecular weight excluding hydrogens is 350 g/mol. The summed E-state index contributed by atoms with van der Waals surface area (Å²) in [6.45, 7) is 3.06. The van der Waals surface area contributed by atoms with E-state index in [1.807, 2.05) is 24.3 Å². The Balaban J connectivity index is 1.87. The van der Waals surface area contributed by atoms with Gasteiger partial charge in [-0.2, -0.15) is 4.98 Å². The first-order valence-electron chi connectivity index (χ1n) is 8.09. The number of carbonyl (C=O) groups excluding carboxylic acids is 1. The fraction of sp³-hybridized carbons (Fsp3) is 0.167. The highest BCUT2D eigenvalue weighted by atomic mass is 16.7. The number of rotatable bonds is 4. The molecule has 136 valence electrons. The molecule has 0 saturated heterocycles. The summed E-state index contributed by atoms with van der Waals surface area (Å²) in [6, 6.07) is 10.6. The van der Waals surface area contributed by atoms with Crippen LogP contribution in [-0.4, -0.2) is 38.2 Å². The normalized spacial score (nSPS) is 10.9. The summed E-state index contributed by atoms with van der Waals surface area (Å²) in [5.74, 6) is 0.921. The minimum atomic E-state index is -0.467. The monoisotopic (exact) mass is 365 g/mol. The van der Waals surface area contributed by atoms with Crippen LogP contribution in [-0.2, 0) is 4.79 Å². The summed E-state index contributed by atoms with van der Waals surface area (Å²) in [5, 5.41) is 8.60. The van der Waals surface area contributed by atoms with E-state index in [4.69, 9.17) is 14.3 Å². The molecule has 9 heteroatoms. The predicted molar refractivity (Wildman–Crippen MR) is 95.7 cm³/mol. The van der Waals surface area contributed by atoms with E-state index in [0.29, 0.717) is 33.5 Å². The Bertz CT molecular complexity index is 1170. The van der Waals surface area contributed by atoms with Gasteiger partial charge in [-0.05, 0) is 30.3 Å². The van der Waals surface area contributed by atoms with Gasteiger partial charge < -0.3 is 14.3 Å². The number of aryl methyl sites for hydroxylation is 1. The molecule has 0 amide bonds. The molecule has 0 bridgehead atoms. The number of ether oxygens (including phenoxy) is 2. The van der Waals surface area contributed by atoms with Gasteiger partial charge in [0.1, 0.15) is 16.9 Å². The lowest BCUT2D eigenvalue weighted by Gasteiger charge is -2.12. The van der Waals surface area contributed by atoms with Crippen molar-refractivity contribution in [3.63, 3.8) is 0 Å². The molecule has 2 aromatic carbocycles. The molecule has 0 N–H and O–H groups in total. The van der Waals surface area contributed by atoms with Gasteiger partial charge in [0.05, 0.1) is 18.0 Å². The van der Waals surface area contributed by atoms with Gasteiger partial charge >= 0.3 is 5.97 Å². The van der Waals surface area contributed by atoms with Crippen molar-refractivity contribution in [1.82, 2.24) is 25.1 Å². The Morgan fingerprint density at radius 1 is 1.07 bits per heavy atom. The highest BCUT2D eigenvalue weighted by molar-refractivity contribution is 5.88. The first-order valence-corrected chi connectivity index (χ1v) is 8.09. The quantitative estimate of drug-likeness (QED) is 0.401. The van der Waals surface area contributed by atoms with E-state index in [9.17, 15) is 4.79 Å². The summed E-state index contributed by atoms with van der Waals surface area (Å²) in [6.07, 6.45) is 0. The number of nitrogens with zero attached hydrogens (tertiary/aromatic N) is 5. The molecule has 0 aliphatic carbocycles. The number of esters is 1. The molecular formula is C18H15N5O4. The number of para-hydroxylation sites is 1. The number of hydrogen-bond donors (Lipinski definition) is 0. The number of aromatic nitrogens is 5. The first kappa shape index (κ1) is 16.7. The van der Waals surface area contributed by atoms with Crippen LogP contribution in [0.25, 0.3) is 21.9 Å². The Kier molecular flexibility index (Phi) is 4.03. The number of methoxy groups -OCH3 is 1. The molecule has 0 aliphatic rings. The second-order valence-electron chi connectivity index (χ2n) is 5.73. The van der Waals surface area contributed by atoms with Gasteiger partial charge in [0, 0.05) is 13.0 Å². The van der Waals surface area contributed by atoms with E-state index in [-0.39, 0.29) is 11.6 Å². The predicted octanol–water partition coefficient (Wildman–Crippen LogP) is 2.46. The van der Waals surface area contributed by atoms with Crippen molar-refractivity contribution in [2.24, 2.45) is 0 Å². The van der Waals surface area contributed by atoms with Crippen molar-refractivity contribution in [1.29, 1.82) is 0 Å². The van der Waals surface area contributed by atoms with Crippen LogP contribution >= 0.6 is 0 Å². The third-order valence-electron chi connectivity index (χ3n) is 3.81. The molecule has 0 radical (unpaired) electrons. The van der Waals surface area contributed by atoms with Crippen LogP contribution in [0.15, 0.2) is 36.4 Å². The van der Waals surface area contributed by atoms with E-state index in [1.165, 1.54) is 18.9 Å². The SMILES string of the molecule is COc1cc2nc(C)nc(On3nnc4ccccc43)c2cc1OC(C)=O. The minimum Gasteiger partial charge on any atom is -0.493 e. The van der Waals surface area contributed by atoms with Crippen LogP contribution in [0.5, 0.6) is 17.4 Å². The van der Waals surface area contributed by atoms with Gasteiger partial charge in [0.2, 0.25) is 0 Å². The van der Waals surface area contributed by atoms with Crippen LogP contribution in [0.4, 0.5) is 0 Å². The molecule has 4 rings (SSSR count). The van der Waals surface area contributed by atoms with Crippen LogP contribution < -0.4 is 14.3 Å². The van der Waals surface area contributed by atoms with E-state index < -0.39 is 5.97 Å².